The Morgan fingerprint density at radius 2 is 2.18 bits per heavy atom. The fourth-order valence-electron chi connectivity index (χ4n) is 3.59. The van der Waals surface area contributed by atoms with Crippen molar-refractivity contribution in [1.29, 1.82) is 0 Å². The minimum atomic E-state index is -0.210. The molecule has 2 unspecified atom stereocenters. The number of nitrogens with one attached hydrogen (secondary N) is 2. The fourth-order valence-corrected chi connectivity index (χ4v) is 5.57. The second-order valence-electron chi connectivity index (χ2n) is 7.17. The molecule has 2 atom stereocenters. The zero-order valence-electron chi connectivity index (χ0n) is 15.9. The number of carbonyl (C=O) groups is 1. The van der Waals surface area contributed by atoms with Crippen molar-refractivity contribution < 1.29 is 9.21 Å². The zero-order valence-corrected chi connectivity index (χ0v) is 17.5. The third-order valence-electron chi connectivity index (χ3n) is 5.11. The first-order chi connectivity index (χ1) is 13.5. The summed E-state index contributed by atoms with van der Waals surface area (Å²) in [4.78, 5) is 33.4. The SMILES string of the molecule is CC(SC(C)c1nc2scc(-c3ccco3)c2c(=O)[nH]1)C(=O)NC1CCCC1. The first kappa shape index (κ1) is 19.3. The number of thiophene rings is 1. The molecule has 0 aromatic carbocycles. The van der Waals surface area contributed by atoms with Gasteiger partial charge in [-0.15, -0.1) is 23.1 Å². The molecular formula is C20H23N3O3S2. The molecule has 28 heavy (non-hydrogen) atoms. The van der Waals surface area contributed by atoms with Gasteiger partial charge in [-0.05, 0) is 38.8 Å². The van der Waals surface area contributed by atoms with Crippen LogP contribution >= 0.6 is 23.1 Å². The Morgan fingerprint density at radius 3 is 2.89 bits per heavy atom. The van der Waals surface area contributed by atoms with Crippen LogP contribution in [0.1, 0.15) is 50.6 Å². The maximum absolute atomic E-state index is 12.7. The van der Waals surface area contributed by atoms with E-state index in [9.17, 15) is 9.59 Å². The van der Waals surface area contributed by atoms with Crippen molar-refractivity contribution in [2.24, 2.45) is 0 Å². The molecule has 0 aliphatic heterocycles. The average Bonchev–Trinajstić information content (AvgIpc) is 3.42. The van der Waals surface area contributed by atoms with E-state index < -0.39 is 0 Å². The number of aromatic nitrogens is 2. The van der Waals surface area contributed by atoms with E-state index in [4.69, 9.17) is 4.42 Å². The maximum atomic E-state index is 12.7. The zero-order chi connectivity index (χ0) is 19.7. The van der Waals surface area contributed by atoms with Gasteiger partial charge in [-0.2, -0.15) is 0 Å². The lowest BCUT2D eigenvalue weighted by Gasteiger charge is -2.19. The van der Waals surface area contributed by atoms with Gasteiger partial charge in [0.25, 0.3) is 5.56 Å². The highest BCUT2D eigenvalue weighted by molar-refractivity contribution is 8.00. The number of furan rings is 1. The number of hydrogen-bond donors (Lipinski definition) is 2. The van der Waals surface area contributed by atoms with Crippen LogP contribution in [-0.2, 0) is 4.79 Å². The van der Waals surface area contributed by atoms with Gasteiger partial charge in [0, 0.05) is 17.0 Å². The van der Waals surface area contributed by atoms with E-state index in [1.807, 2.05) is 25.3 Å². The van der Waals surface area contributed by atoms with Crippen LogP contribution in [0.3, 0.4) is 0 Å². The van der Waals surface area contributed by atoms with Crippen molar-refractivity contribution >= 4 is 39.2 Å². The van der Waals surface area contributed by atoms with Crippen LogP contribution in [-0.4, -0.2) is 27.2 Å². The largest absolute Gasteiger partial charge is 0.464 e. The van der Waals surface area contributed by atoms with Gasteiger partial charge in [0.1, 0.15) is 16.4 Å². The quantitative estimate of drug-likeness (QED) is 0.617. The summed E-state index contributed by atoms with van der Waals surface area (Å²) < 4.78 is 5.43. The van der Waals surface area contributed by atoms with Crippen LogP contribution in [0.15, 0.2) is 33.0 Å². The number of carbonyl (C=O) groups excluding carboxylic acids is 1. The van der Waals surface area contributed by atoms with E-state index in [-0.39, 0.29) is 22.0 Å². The summed E-state index contributed by atoms with van der Waals surface area (Å²) in [6, 6.07) is 3.94. The summed E-state index contributed by atoms with van der Waals surface area (Å²) in [6.07, 6.45) is 6.11. The Bertz CT molecular complexity index is 1020. The van der Waals surface area contributed by atoms with Gasteiger partial charge in [0.15, 0.2) is 0 Å². The van der Waals surface area contributed by atoms with E-state index in [0.717, 1.165) is 18.4 Å². The topological polar surface area (TPSA) is 88.0 Å². The Balaban J connectivity index is 1.50. The molecule has 0 radical (unpaired) electrons. The standard InChI is InChI=1S/C20H23N3O3S2/c1-11(28-12(2)18(24)21-13-6-3-4-7-13)17-22-19(25)16-14(10-27-20(16)23-17)15-8-5-9-26-15/h5,8-13H,3-4,6-7H2,1-2H3,(H,21,24)(H,22,23,25). The lowest BCUT2D eigenvalue weighted by molar-refractivity contribution is -0.120. The second-order valence-corrected chi connectivity index (χ2v) is 9.71. The van der Waals surface area contributed by atoms with E-state index in [1.54, 1.807) is 12.3 Å². The van der Waals surface area contributed by atoms with Crippen molar-refractivity contribution in [3.63, 3.8) is 0 Å². The lowest BCUT2D eigenvalue weighted by Crippen LogP contribution is -2.38. The molecule has 4 rings (SSSR count). The van der Waals surface area contributed by atoms with Gasteiger partial charge in [-0.3, -0.25) is 9.59 Å². The first-order valence-electron chi connectivity index (χ1n) is 9.54. The van der Waals surface area contributed by atoms with Crippen molar-refractivity contribution in [1.82, 2.24) is 15.3 Å². The molecular weight excluding hydrogens is 394 g/mol. The van der Waals surface area contributed by atoms with Crippen LogP contribution in [0.5, 0.6) is 0 Å². The van der Waals surface area contributed by atoms with Gasteiger partial charge in [0.05, 0.1) is 22.1 Å². The van der Waals surface area contributed by atoms with E-state index in [0.29, 0.717) is 27.8 Å². The minimum absolute atomic E-state index is 0.0587. The normalized spacial score (nSPS) is 17.1. The molecule has 0 saturated heterocycles. The average molecular weight is 418 g/mol. The van der Waals surface area contributed by atoms with Gasteiger partial charge >= 0.3 is 0 Å². The molecule has 6 nitrogen and oxygen atoms in total. The summed E-state index contributed by atoms with van der Waals surface area (Å²) in [5.74, 6) is 1.31. The Hall–Kier alpha value is -2.06. The predicted octanol–water partition coefficient (Wildman–Crippen LogP) is 4.49. The molecule has 3 aromatic rings. The molecule has 1 amide bonds. The predicted molar refractivity (Wildman–Crippen MR) is 114 cm³/mol. The van der Waals surface area contributed by atoms with Crippen LogP contribution < -0.4 is 10.9 Å². The lowest BCUT2D eigenvalue weighted by atomic mass is 10.2. The number of H-pyrrole nitrogens is 1. The highest BCUT2D eigenvalue weighted by Gasteiger charge is 2.24. The Kier molecular flexibility index (Phi) is 5.59. The number of amides is 1. The fraction of sp³-hybridized carbons (Fsp3) is 0.450. The van der Waals surface area contributed by atoms with Crippen LogP contribution in [0.4, 0.5) is 0 Å². The van der Waals surface area contributed by atoms with Gasteiger partial charge in [-0.1, -0.05) is 12.8 Å². The molecule has 0 spiro atoms. The van der Waals surface area contributed by atoms with Gasteiger partial charge in [-0.25, -0.2) is 4.98 Å². The van der Waals surface area contributed by atoms with E-state index in [2.05, 4.69) is 15.3 Å². The molecule has 1 aliphatic carbocycles. The number of hydrogen-bond acceptors (Lipinski definition) is 6. The molecule has 8 heteroatoms. The van der Waals surface area contributed by atoms with Crippen LogP contribution in [0.25, 0.3) is 21.5 Å². The molecule has 3 heterocycles. The van der Waals surface area contributed by atoms with Crippen molar-refractivity contribution in [2.45, 2.75) is 56.1 Å². The van der Waals surface area contributed by atoms with Crippen LogP contribution in [0, 0.1) is 0 Å². The number of fused-ring (bicyclic) bond motifs is 1. The number of thioether (sulfide) groups is 1. The second kappa shape index (κ2) is 8.13. The van der Waals surface area contributed by atoms with Crippen LogP contribution in [0.2, 0.25) is 0 Å². The summed E-state index contributed by atoms with van der Waals surface area (Å²) in [5, 5.41) is 5.27. The summed E-state index contributed by atoms with van der Waals surface area (Å²) in [7, 11) is 0. The monoisotopic (exact) mass is 417 g/mol. The number of aromatic amines is 1. The highest BCUT2D eigenvalue weighted by Crippen LogP contribution is 2.34. The summed E-state index contributed by atoms with van der Waals surface area (Å²) in [6.45, 7) is 3.87. The van der Waals surface area contributed by atoms with E-state index in [1.165, 1.54) is 35.9 Å². The third-order valence-corrected chi connectivity index (χ3v) is 7.24. The molecule has 1 fully saturated rings. The summed E-state index contributed by atoms with van der Waals surface area (Å²) in [5.41, 5.74) is 0.582. The Labute approximate surface area is 171 Å². The smallest absolute Gasteiger partial charge is 0.260 e. The highest BCUT2D eigenvalue weighted by atomic mass is 32.2. The van der Waals surface area contributed by atoms with E-state index >= 15 is 0 Å². The summed E-state index contributed by atoms with van der Waals surface area (Å²) >= 11 is 2.93. The van der Waals surface area contributed by atoms with Crippen molar-refractivity contribution in [3.05, 3.63) is 40.0 Å². The molecule has 1 saturated carbocycles. The molecule has 1 aliphatic rings. The molecule has 2 N–H and O–H groups in total. The maximum Gasteiger partial charge on any atom is 0.260 e. The van der Waals surface area contributed by atoms with Crippen molar-refractivity contribution in [2.75, 3.05) is 0 Å². The van der Waals surface area contributed by atoms with Gasteiger partial charge < -0.3 is 14.7 Å². The Morgan fingerprint density at radius 1 is 1.39 bits per heavy atom. The first-order valence-corrected chi connectivity index (χ1v) is 11.4. The number of nitrogens with zero attached hydrogens (tertiary/aromatic N) is 1. The molecule has 0 bridgehead atoms. The minimum Gasteiger partial charge on any atom is -0.464 e. The third kappa shape index (κ3) is 3.89. The molecule has 3 aromatic heterocycles. The number of rotatable bonds is 6. The molecule has 148 valence electrons. The van der Waals surface area contributed by atoms with Gasteiger partial charge in [0.2, 0.25) is 5.91 Å². The van der Waals surface area contributed by atoms with Crippen molar-refractivity contribution in [3.8, 4) is 11.3 Å².